The van der Waals surface area contributed by atoms with E-state index in [4.69, 9.17) is 13.3 Å². The van der Waals surface area contributed by atoms with Crippen LogP contribution in [0.15, 0.2) is 0 Å². The molecule has 0 atom stereocenters. The van der Waals surface area contributed by atoms with E-state index in [-0.39, 0.29) is 0 Å². The molecule has 98 valence electrons. The lowest BCUT2D eigenvalue weighted by molar-refractivity contribution is -0.152. The molecule has 0 aromatic heterocycles. The number of hydrogen-bond acceptors (Lipinski definition) is 3. The molecule has 3 nitrogen and oxygen atoms in total. The number of rotatable bonds is 8. The summed E-state index contributed by atoms with van der Waals surface area (Å²) in [6.45, 7) is 14.8. The van der Waals surface area contributed by atoms with Crippen molar-refractivity contribution in [2.24, 2.45) is 0 Å². The standard InChI is InChI=1S/C10H28O3Si3/c1-8-9-14-11-10(12-15(2,3)4)13-16(5,6)7/h10H,8-9,14H2,1-7H3. The van der Waals surface area contributed by atoms with E-state index < -0.39 is 32.9 Å². The first-order chi connectivity index (χ1) is 7.14. The van der Waals surface area contributed by atoms with Gasteiger partial charge in [-0.15, -0.1) is 0 Å². The highest BCUT2D eigenvalue weighted by Gasteiger charge is 2.27. The van der Waals surface area contributed by atoms with Gasteiger partial charge in [-0.25, -0.2) is 0 Å². The first kappa shape index (κ1) is 16.5. The molecule has 16 heavy (non-hydrogen) atoms. The van der Waals surface area contributed by atoms with E-state index in [9.17, 15) is 0 Å². The summed E-state index contributed by atoms with van der Waals surface area (Å²) in [7, 11) is -3.65. The Morgan fingerprint density at radius 1 is 0.938 bits per heavy atom. The van der Waals surface area contributed by atoms with Crippen LogP contribution in [0.5, 0.6) is 0 Å². The van der Waals surface area contributed by atoms with Crippen molar-refractivity contribution in [2.45, 2.75) is 65.1 Å². The minimum absolute atomic E-state index is 0.392. The van der Waals surface area contributed by atoms with Crippen molar-refractivity contribution in [3.8, 4) is 0 Å². The summed E-state index contributed by atoms with van der Waals surface area (Å²) in [4.78, 5) is 0. The van der Waals surface area contributed by atoms with Gasteiger partial charge in [0, 0.05) is 0 Å². The Morgan fingerprint density at radius 2 is 1.38 bits per heavy atom. The molecule has 0 spiro atoms. The second-order valence-corrected chi connectivity index (χ2v) is 16.3. The van der Waals surface area contributed by atoms with Crippen LogP contribution in [0.2, 0.25) is 45.3 Å². The highest BCUT2D eigenvalue weighted by Crippen LogP contribution is 2.15. The van der Waals surface area contributed by atoms with Crippen LogP contribution in [0.1, 0.15) is 13.3 Å². The SMILES string of the molecule is CCC[SiH2]OC(O[Si](C)(C)C)O[Si](C)(C)C. The third-order valence-corrected chi connectivity index (χ3v) is 4.95. The van der Waals surface area contributed by atoms with Crippen LogP contribution in [0.25, 0.3) is 0 Å². The maximum Gasteiger partial charge on any atom is 0.242 e. The Balaban J connectivity index is 4.17. The molecule has 0 N–H and O–H groups in total. The summed E-state index contributed by atoms with van der Waals surface area (Å²) in [5.41, 5.74) is 0. The molecular weight excluding hydrogens is 252 g/mol. The average molecular weight is 281 g/mol. The molecule has 0 rings (SSSR count). The van der Waals surface area contributed by atoms with Gasteiger partial charge in [0.1, 0.15) is 0 Å². The molecule has 0 saturated heterocycles. The lowest BCUT2D eigenvalue weighted by Gasteiger charge is -2.31. The predicted octanol–water partition coefficient (Wildman–Crippen LogP) is 2.90. The van der Waals surface area contributed by atoms with Crippen LogP contribution in [0, 0.1) is 0 Å². The topological polar surface area (TPSA) is 27.7 Å². The molecule has 0 aliphatic heterocycles. The van der Waals surface area contributed by atoms with Gasteiger partial charge in [0.2, 0.25) is 6.48 Å². The van der Waals surface area contributed by atoms with Gasteiger partial charge < -0.3 is 13.3 Å². The van der Waals surface area contributed by atoms with E-state index in [1.165, 1.54) is 12.5 Å². The first-order valence-electron chi connectivity index (χ1n) is 6.11. The minimum atomic E-state index is -1.59. The molecule has 0 aromatic carbocycles. The van der Waals surface area contributed by atoms with Gasteiger partial charge in [-0.1, -0.05) is 13.3 Å². The Bertz CT molecular complexity index is 171. The van der Waals surface area contributed by atoms with Gasteiger partial charge >= 0.3 is 0 Å². The minimum Gasteiger partial charge on any atom is -0.380 e. The fraction of sp³-hybridized carbons (Fsp3) is 1.00. The summed E-state index contributed by atoms with van der Waals surface area (Å²) >= 11 is 0. The third kappa shape index (κ3) is 11.0. The van der Waals surface area contributed by atoms with Crippen LogP contribution < -0.4 is 0 Å². The molecule has 6 heteroatoms. The Morgan fingerprint density at radius 3 is 1.69 bits per heavy atom. The van der Waals surface area contributed by atoms with Crippen LogP contribution in [-0.4, -0.2) is 32.9 Å². The maximum atomic E-state index is 5.92. The van der Waals surface area contributed by atoms with E-state index >= 15 is 0 Å². The van der Waals surface area contributed by atoms with E-state index in [1.54, 1.807) is 0 Å². The zero-order chi connectivity index (χ0) is 12.8. The molecule has 0 aliphatic rings. The molecule has 0 amide bonds. The quantitative estimate of drug-likeness (QED) is 0.389. The van der Waals surface area contributed by atoms with Crippen LogP contribution >= 0.6 is 0 Å². The fourth-order valence-electron chi connectivity index (χ4n) is 0.993. The molecule has 0 bridgehead atoms. The van der Waals surface area contributed by atoms with Crippen molar-refractivity contribution in [3.05, 3.63) is 0 Å². The van der Waals surface area contributed by atoms with Gasteiger partial charge in [0.05, 0.1) is 0 Å². The zero-order valence-corrected chi connectivity index (χ0v) is 15.3. The monoisotopic (exact) mass is 280 g/mol. The summed E-state index contributed by atoms with van der Waals surface area (Å²) in [5, 5.41) is 0. The van der Waals surface area contributed by atoms with Crippen LogP contribution in [0.3, 0.4) is 0 Å². The van der Waals surface area contributed by atoms with Crippen molar-refractivity contribution in [2.75, 3.05) is 0 Å². The largest absolute Gasteiger partial charge is 0.380 e. The Hall–Kier alpha value is 0.531. The lowest BCUT2D eigenvalue weighted by atomic mass is 10.6. The third-order valence-electron chi connectivity index (χ3n) is 1.65. The van der Waals surface area contributed by atoms with Gasteiger partial charge in [0.25, 0.3) is 0 Å². The second kappa shape index (κ2) is 7.07. The summed E-state index contributed by atoms with van der Waals surface area (Å²) in [5.74, 6) is 0. The summed E-state index contributed by atoms with van der Waals surface area (Å²) in [6.07, 6.45) is 1.19. The maximum absolute atomic E-state index is 5.92. The predicted molar refractivity (Wildman–Crippen MR) is 77.4 cm³/mol. The Kier molecular flexibility index (Phi) is 7.31. The van der Waals surface area contributed by atoms with Crippen LogP contribution in [-0.2, 0) is 13.3 Å². The zero-order valence-electron chi connectivity index (χ0n) is 11.9. The summed E-state index contributed by atoms with van der Waals surface area (Å²) < 4.78 is 17.6. The second-order valence-electron chi connectivity index (χ2n) is 5.97. The van der Waals surface area contributed by atoms with Crippen LogP contribution in [0.4, 0.5) is 0 Å². The lowest BCUT2D eigenvalue weighted by Crippen LogP contribution is -2.41. The fourth-order valence-corrected chi connectivity index (χ4v) is 3.53. The van der Waals surface area contributed by atoms with E-state index in [2.05, 4.69) is 46.2 Å². The van der Waals surface area contributed by atoms with E-state index in [0.29, 0.717) is 0 Å². The van der Waals surface area contributed by atoms with Crippen molar-refractivity contribution >= 4 is 26.4 Å². The Labute approximate surface area is 105 Å². The normalized spacial score (nSPS) is 14.2. The molecule has 0 unspecified atom stereocenters. The van der Waals surface area contributed by atoms with E-state index in [1.807, 2.05) is 0 Å². The molecule has 0 radical (unpaired) electrons. The molecule has 0 heterocycles. The molecule has 0 saturated carbocycles. The van der Waals surface area contributed by atoms with Gasteiger partial charge in [0.15, 0.2) is 26.4 Å². The van der Waals surface area contributed by atoms with E-state index in [0.717, 1.165) is 0 Å². The van der Waals surface area contributed by atoms with Crippen molar-refractivity contribution in [3.63, 3.8) is 0 Å². The van der Waals surface area contributed by atoms with Crippen molar-refractivity contribution in [1.29, 1.82) is 0 Å². The first-order valence-corrected chi connectivity index (χ1v) is 14.5. The smallest absolute Gasteiger partial charge is 0.242 e. The molecule has 0 fully saturated rings. The molecule has 0 aliphatic carbocycles. The van der Waals surface area contributed by atoms with Gasteiger partial charge in [-0.3, -0.25) is 0 Å². The molecular formula is C10H28O3Si3. The molecule has 0 aromatic rings. The van der Waals surface area contributed by atoms with Crippen molar-refractivity contribution < 1.29 is 13.3 Å². The number of hydrogen-bond donors (Lipinski definition) is 0. The highest BCUT2D eigenvalue weighted by molar-refractivity contribution is 6.70. The van der Waals surface area contributed by atoms with Gasteiger partial charge in [-0.2, -0.15) is 0 Å². The highest BCUT2D eigenvalue weighted by atomic mass is 28.4. The van der Waals surface area contributed by atoms with Gasteiger partial charge in [-0.05, 0) is 45.3 Å². The summed E-state index contributed by atoms with van der Waals surface area (Å²) in [6, 6.07) is 1.20. The average Bonchev–Trinajstić information content (AvgIpc) is 1.97. The van der Waals surface area contributed by atoms with Crippen molar-refractivity contribution in [1.82, 2.24) is 0 Å².